The fourth-order valence-electron chi connectivity index (χ4n) is 2.20. The summed E-state index contributed by atoms with van der Waals surface area (Å²) in [5.41, 5.74) is 1.60. The minimum absolute atomic E-state index is 0.0501. The quantitative estimate of drug-likeness (QED) is 0.376. The van der Waals surface area contributed by atoms with Gasteiger partial charge in [0.15, 0.2) is 5.70 Å². The fourth-order valence-corrected chi connectivity index (χ4v) is 2.20. The minimum atomic E-state index is -0.602. The Bertz CT molecular complexity index is 857. The van der Waals surface area contributed by atoms with Crippen molar-refractivity contribution in [2.75, 3.05) is 0 Å². The molecule has 3 rings (SSSR count). The van der Waals surface area contributed by atoms with E-state index in [-0.39, 0.29) is 17.3 Å². The van der Waals surface area contributed by atoms with E-state index in [1.54, 1.807) is 43.6 Å². The molecule has 1 aliphatic rings. The third-order valence-electron chi connectivity index (χ3n) is 3.34. The molecule has 0 unspecified atom stereocenters. The molecule has 0 amide bonds. The van der Waals surface area contributed by atoms with Crippen molar-refractivity contribution in [3.63, 3.8) is 0 Å². The van der Waals surface area contributed by atoms with Crippen LogP contribution in [0.2, 0.25) is 0 Å². The minimum Gasteiger partial charge on any atom is -0.402 e. The molecular formula is C16H11N3O4. The van der Waals surface area contributed by atoms with Gasteiger partial charge in [0.05, 0.1) is 4.92 Å². The number of aliphatic imine (C=N–C) groups is 1. The van der Waals surface area contributed by atoms with Crippen molar-refractivity contribution in [3.8, 4) is 0 Å². The number of cyclic esters (lactones) is 1. The fraction of sp³-hybridized carbons (Fsp3) is 0.0625. The zero-order valence-electron chi connectivity index (χ0n) is 12.1. The van der Waals surface area contributed by atoms with E-state index in [0.717, 1.165) is 0 Å². The third kappa shape index (κ3) is 2.84. The summed E-state index contributed by atoms with van der Waals surface area (Å²) in [7, 11) is 0. The van der Waals surface area contributed by atoms with E-state index in [2.05, 4.69) is 9.98 Å². The Kier molecular flexibility index (Phi) is 3.68. The normalized spacial score (nSPS) is 15.4. The highest BCUT2D eigenvalue weighted by Gasteiger charge is 2.27. The first-order chi connectivity index (χ1) is 11.1. The molecule has 7 heteroatoms. The van der Waals surface area contributed by atoms with Crippen LogP contribution in [0.4, 0.5) is 5.69 Å². The molecule has 2 heterocycles. The molecule has 0 radical (unpaired) electrons. The number of hydrogen-bond donors (Lipinski definition) is 0. The summed E-state index contributed by atoms with van der Waals surface area (Å²) in [6.07, 6.45) is 4.76. The second-order valence-corrected chi connectivity index (χ2v) is 4.83. The number of nitrogens with zero attached hydrogens (tertiary/aromatic N) is 3. The van der Waals surface area contributed by atoms with Crippen LogP contribution in [0.15, 0.2) is 53.4 Å². The first kappa shape index (κ1) is 14.6. The van der Waals surface area contributed by atoms with Gasteiger partial charge in [0.25, 0.3) is 5.69 Å². The second kappa shape index (κ2) is 5.80. The van der Waals surface area contributed by atoms with Crippen molar-refractivity contribution < 1.29 is 14.5 Å². The van der Waals surface area contributed by atoms with E-state index in [9.17, 15) is 14.9 Å². The van der Waals surface area contributed by atoms with Gasteiger partial charge in [-0.1, -0.05) is 12.1 Å². The highest BCUT2D eigenvalue weighted by molar-refractivity contribution is 6.13. The molecule has 23 heavy (non-hydrogen) atoms. The molecule has 1 aromatic heterocycles. The van der Waals surface area contributed by atoms with Gasteiger partial charge in [-0.3, -0.25) is 15.1 Å². The molecule has 0 saturated heterocycles. The van der Waals surface area contributed by atoms with Crippen LogP contribution in [0.1, 0.15) is 16.7 Å². The number of aromatic nitrogens is 1. The van der Waals surface area contributed by atoms with E-state index in [0.29, 0.717) is 16.7 Å². The Labute approximate surface area is 131 Å². The van der Waals surface area contributed by atoms with Gasteiger partial charge in [-0.05, 0) is 30.7 Å². The van der Waals surface area contributed by atoms with Crippen LogP contribution >= 0.6 is 0 Å². The van der Waals surface area contributed by atoms with Gasteiger partial charge in [-0.15, -0.1) is 0 Å². The van der Waals surface area contributed by atoms with Gasteiger partial charge in [0.2, 0.25) is 5.90 Å². The lowest BCUT2D eigenvalue weighted by Crippen LogP contribution is -2.08. The number of rotatable bonds is 3. The number of hydrogen-bond acceptors (Lipinski definition) is 6. The highest BCUT2D eigenvalue weighted by Crippen LogP contribution is 2.25. The second-order valence-electron chi connectivity index (χ2n) is 4.83. The van der Waals surface area contributed by atoms with Crippen LogP contribution < -0.4 is 0 Å². The molecule has 0 bridgehead atoms. The van der Waals surface area contributed by atoms with Crippen LogP contribution in [0.3, 0.4) is 0 Å². The summed E-state index contributed by atoms with van der Waals surface area (Å²) in [4.78, 5) is 30.6. The van der Waals surface area contributed by atoms with Crippen molar-refractivity contribution in [2.24, 2.45) is 4.99 Å². The number of ether oxygens (including phenoxy) is 1. The first-order valence-corrected chi connectivity index (χ1v) is 6.73. The van der Waals surface area contributed by atoms with Crippen molar-refractivity contribution in [1.82, 2.24) is 4.98 Å². The number of nitro groups is 1. The lowest BCUT2D eigenvalue weighted by atomic mass is 10.1. The third-order valence-corrected chi connectivity index (χ3v) is 3.34. The Hall–Kier alpha value is -3.35. The monoisotopic (exact) mass is 309 g/mol. The first-order valence-electron chi connectivity index (χ1n) is 6.73. The topological polar surface area (TPSA) is 94.7 Å². The number of benzene rings is 1. The number of carbonyl (C=O) groups is 1. The van der Waals surface area contributed by atoms with E-state index in [1.807, 2.05) is 0 Å². The maximum atomic E-state index is 11.9. The predicted molar refractivity (Wildman–Crippen MR) is 82.7 cm³/mol. The molecule has 1 aliphatic heterocycles. The summed E-state index contributed by atoms with van der Waals surface area (Å²) >= 11 is 0. The number of esters is 1. The van der Waals surface area contributed by atoms with Crippen molar-refractivity contribution in [3.05, 3.63) is 75.2 Å². The molecule has 0 atom stereocenters. The Balaban J connectivity index is 2.01. The Morgan fingerprint density at radius 3 is 2.78 bits per heavy atom. The molecule has 0 aliphatic carbocycles. The molecule has 1 aromatic carbocycles. The SMILES string of the molecule is Cc1c(C2=N/C(=C\c3cccnc3)C(=O)O2)cccc1[N+](=O)[O-]. The Morgan fingerprint density at radius 1 is 1.26 bits per heavy atom. The lowest BCUT2D eigenvalue weighted by molar-refractivity contribution is -0.385. The van der Waals surface area contributed by atoms with Crippen molar-refractivity contribution >= 4 is 23.6 Å². The molecule has 0 spiro atoms. The largest absolute Gasteiger partial charge is 0.402 e. The zero-order chi connectivity index (χ0) is 16.4. The number of nitro benzene ring substituents is 1. The van der Waals surface area contributed by atoms with Gasteiger partial charge in [-0.25, -0.2) is 9.79 Å². The smallest absolute Gasteiger partial charge is 0.363 e. The number of pyridine rings is 1. The number of carbonyl (C=O) groups excluding carboxylic acids is 1. The average Bonchev–Trinajstić information content (AvgIpc) is 2.89. The van der Waals surface area contributed by atoms with Crippen LogP contribution in [-0.4, -0.2) is 21.8 Å². The Morgan fingerprint density at radius 2 is 2.09 bits per heavy atom. The van der Waals surface area contributed by atoms with E-state index < -0.39 is 10.9 Å². The van der Waals surface area contributed by atoms with Crippen molar-refractivity contribution in [1.29, 1.82) is 0 Å². The van der Waals surface area contributed by atoms with Crippen LogP contribution in [-0.2, 0) is 9.53 Å². The standard InChI is InChI=1S/C16H11N3O4/c1-10-12(5-2-6-14(10)19(21)22)15-18-13(16(20)23-15)8-11-4-3-7-17-9-11/h2-9H,1H3/b13-8-. The van der Waals surface area contributed by atoms with E-state index in [4.69, 9.17) is 4.74 Å². The lowest BCUT2D eigenvalue weighted by Gasteiger charge is -2.04. The molecule has 2 aromatic rings. The van der Waals surface area contributed by atoms with Gasteiger partial charge < -0.3 is 4.74 Å². The predicted octanol–water partition coefficient (Wildman–Crippen LogP) is 2.64. The summed E-state index contributed by atoms with van der Waals surface area (Å²) < 4.78 is 5.15. The summed E-state index contributed by atoms with van der Waals surface area (Å²) in [6, 6.07) is 8.06. The van der Waals surface area contributed by atoms with Crippen LogP contribution in [0.5, 0.6) is 0 Å². The summed E-state index contributed by atoms with van der Waals surface area (Å²) in [5.74, 6) is -0.541. The molecule has 0 fully saturated rings. The van der Waals surface area contributed by atoms with Gasteiger partial charge in [0, 0.05) is 29.6 Å². The van der Waals surface area contributed by atoms with Crippen LogP contribution in [0.25, 0.3) is 6.08 Å². The van der Waals surface area contributed by atoms with Gasteiger partial charge in [-0.2, -0.15) is 0 Å². The molecule has 7 nitrogen and oxygen atoms in total. The maximum Gasteiger partial charge on any atom is 0.363 e. The molecular weight excluding hydrogens is 298 g/mol. The van der Waals surface area contributed by atoms with Gasteiger partial charge >= 0.3 is 5.97 Å². The van der Waals surface area contributed by atoms with E-state index in [1.165, 1.54) is 12.1 Å². The van der Waals surface area contributed by atoms with E-state index >= 15 is 0 Å². The molecule has 114 valence electrons. The summed E-state index contributed by atoms with van der Waals surface area (Å²) in [5, 5.41) is 11.0. The van der Waals surface area contributed by atoms with Crippen molar-refractivity contribution in [2.45, 2.75) is 6.92 Å². The highest BCUT2D eigenvalue weighted by atomic mass is 16.6. The average molecular weight is 309 g/mol. The zero-order valence-corrected chi connectivity index (χ0v) is 12.1. The maximum absolute atomic E-state index is 11.9. The molecule has 0 N–H and O–H groups in total. The van der Waals surface area contributed by atoms with Gasteiger partial charge in [0.1, 0.15) is 0 Å². The summed E-state index contributed by atoms with van der Waals surface area (Å²) in [6.45, 7) is 1.59. The molecule has 0 saturated carbocycles. The van der Waals surface area contributed by atoms with Crippen LogP contribution in [0, 0.1) is 17.0 Å².